The Morgan fingerprint density at radius 2 is 1.71 bits per heavy atom. The zero-order valence-corrected chi connectivity index (χ0v) is 16.2. The van der Waals surface area contributed by atoms with Crippen molar-refractivity contribution in [2.75, 3.05) is 43.5 Å². The molecule has 8 nitrogen and oxygen atoms in total. The van der Waals surface area contributed by atoms with Crippen molar-refractivity contribution in [3.8, 4) is 0 Å². The van der Waals surface area contributed by atoms with E-state index in [1.807, 2.05) is 0 Å². The van der Waals surface area contributed by atoms with Crippen LogP contribution in [0.4, 0.5) is 5.95 Å². The summed E-state index contributed by atoms with van der Waals surface area (Å²) in [5.41, 5.74) is 0.988. The predicted molar refractivity (Wildman–Crippen MR) is 104 cm³/mol. The molecule has 0 radical (unpaired) electrons. The molecular formula is C19H21N5O3S. The number of thioether (sulfide) groups is 1. The Balaban J connectivity index is 1.27. The quantitative estimate of drug-likeness (QED) is 0.542. The first kappa shape index (κ1) is 17.7. The molecule has 1 saturated carbocycles. The van der Waals surface area contributed by atoms with Crippen LogP contribution < -0.4 is 4.90 Å². The number of amides is 2. The molecule has 2 aromatic rings. The van der Waals surface area contributed by atoms with Gasteiger partial charge in [0.2, 0.25) is 5.95 Å². The second-order valence-electron chi connectivity index (χ2n) is 7.14. The first-order valence-electron chi connectivity index (χ1n) is 9.59. The number of hydrogen-bond acceptors (Lipinski definition) is 7. The SMILES string of the molecule is O=C1c2ccccc2C(=O)N1CCSc1nnc(N2CCOCC2)n1C1CC1. The van der Waals surface area contributed by atoms with Crippen LogP contribution in [-0.4, -0.2) is 70.1 Å². The van der Waals surface area contributed by atoms with Crippen LogP contribution in [0, 0.1) is 0 Å². The van der Waals surface area contributed by atoms with Gasteiger partial charge in [0.05, 0.1) is 24.3 Å². The molecule has 1 saturated heterocycles. The van der Waals surface area contributed by atoms with Gasteiger partial charge in [0.1, 0.15) is 0 Å². The maximum absolute atomic E-state index is 12.5. The highest BCUT2D eigenvalue weighted by molar-refractivity contribution is 7.99. The number of imide groups is 1. The topological polar surface area (TPSA) is 80.6 Å². The van der Waals surface area contributed by atoms with Gasteiger partial charge in [-0.3, -0.25) is 19.1 Å². The van der Waals surface area contributed by atoms with E-state index in [9.17, 15) is 9.59 Å². The summed E-state index contributed by atoms with van der Waals surface area (Å²) in [7, 11) is 0. The van der Waals surface area contributed by atoms with E-state index in [0.29, 0.717) is 42.7 Å². The van der Waals surface area contributed by atoms with E-state index in [-0.39, 0.29) is 11.8 Å². The summed E-state index contributed by atoms with van der Waals surface area (Å²) >= 11 is 1.56. The van der Waals surface area contributed by atoms with E-state index in [0.717, 1.165) is 37.0 Å². The van der Waals surface area contributed by atoms with Crippen LogP contribution in [0.15, 0.2) is 29.4 Å². The molecule has 0 atom stereocenters. The van der Waals surface area contributed by atoms with Crippen LogP contribution in [0.3, 0.4) is 0 Å². The maximum Gasteiger partial charge on any atom is 0.261 e. The van der Waals surface area contributed by atoms with Crippen molar-refractivity contribution >= 4 is 29.5 Å². The van der Waals surface area contributed by atoms with Crippen LogP contribution in [0.5, 0.6) is 0 Å². The third-order valence-electron chi connectivity index (χ3n) is 5.28. The van der Waals surface area contributed by atoms with Crippen molar-refractivity contribution in [3.63, 3.8) is 0 Å². The van der Waals surface area contributed by atoms with Crippen LogP contribution in [0.1, 0.15) is 39.6 Å². The lowest BCUT2D eigenvalue weighted by molar-refractivity contribution is 0.0664. The molecule has 3 heterocycles. The first-order valence-corrected chi connectivity index (χ1v) is 10.6. The zero-order chi connectivity index (χ0) is 19.1. The van der Waals surface area contributed by atoms with Gasteiger partial charge >= 0.3 is 0 Å². The highest BCUT2D eigenvalue weighted by atomic mass is 32.2. The molecule has 1 aromatic heterocycles. The minimum absolute atomic E-state index is 0.209. The molecule has 146 valence electrons. The highest BCUT2D eigenvalue weighted by Gasteiger charge is 2.35. The number of benzene rings is 1. The van der Waals surface area contributed by atoms with E-state index in [2.05, 4.69) is 19.7 Å². The number of nitrogens with zero attached hydrogens (tertiary/aromatic N) is 5. The minimum Gasteiger partial charge on any atom is -0.378 e. The molecule has 28 heavy (non-hydrogen) atoms. The fraction of sp³-hybridized carbons (Fsp3) is 0.474. The van der Waals surface area contributed by atoms with Crippen molar-refractivity contribution < 1.29 is 14.3 Å². The van der Waals surface area contributed by atoms with Crippen LogP contribution in [0.2, 0.25) is 0 Å². The lowest BCUT2D eigenvalue weighted by Gasteiger charge is -2.27. The van der Waals surface area contributed by atoms with E-state index in [1.54, 1.807) is 36.0 Å². The van der Waals surface area contributed by atoms with Gasteiger partial charge in [0.15, 0.2) is 5.16 Å². The van der Waals surface area contributed by atoms with Crippen LogP contribution in [-0.2, 0) is 4.74 Å². The summed E-state index contributed by atoms with van der Waals surface area (Å²) in [6, 6.07) is 7.44. The standard InChI is InChI=1S/C19H21N5O3S/c25-16-14-3-1-2-4-15(14)17(26)23(16)9-12-28-19-21-20-18(24(19)13-5-6-13)22-7-10-27-11-8-22/h1-4,13H,5-12H2. The number of fused-ring (bicyclic) bond motifs is 1. The third-order valence-corrected chi connectivity index (χ3v) is 6.20. The van der Waals surface area contributed by atoms with Gasteiger partial charge in [-0.2, -0.15) is 0 Å². The Morgan fingerprint density at radius 1 is 1.04 bits per heavy atom. The molecule has 3 aliphatic rings. The smallest absolute Gasteiger partial charge is 0.261 e. The Labute approximate surface area is 166 Å². The summed E-state index contributed by atoms with van der Waals surface area (Å²) in [5.74, 6) is 1.09. The summed E-state index contributed by atoms with van der Waals surface area (Å²) in [6.45, 7) is 3.43. The lowest BCUT2D eigenvalue weighted by Crippen LogP contribution is -2.38. The van der Waals surface area contributed by atoms with Crippen molar-refractivity contribution in [1.29, 1.82) is 0 Å². The Hall–Kier alpha value is -2.39. The molecule has 0 unspecified atom stereocenters. The average Bonchev–Trinajstić information content (AvgIpc) is 3.45. The van der Waals surface area contributed by atoms with Gasteiger partial charge in [-0.05, 0) is 25.0 Å². The zero-order valence-electron chi connectivity index (χ0n) is 15.4. The number of morpholine rings is 1. The lowest BCUT2D eigenvalue weighted by atomic mass is 10.1. The number of hydrogen-bond donors (Lipinski definition) is 0. The van der Waals surface area contributed by atoms with Gasteiger partial charge in [0, 0.05) is 31.4 Å². The molecule has 0 spiro atoms. The molecule has 0 N–H and O–H groups in total. The maximum atomic E-state index is 12.5. The average molecular weight is 399 g/mol. The Kier molecular flexibility index (Phi) is 4.56. The normalized spacial score (nSPS) is 19.4. The predicted octanol–water partition coefficient (Wildman–Crippen LogP) is 1.84. The largest absolute Gasteiger partial charge is 0.378 e. The van der Waals surface area contributed by atoms with Crippen LogP contribution >= 0.6 is 11.8 Å². The van der Waals surface area contributed by atoms with Crippen molar-refractivity contribution in [3.05, 3.63) is 35.4 Å². The van der Waals surface area contributed by atoms with Gasteiger partial charge in [-0.1, -0.05) is 23.9 Å². The van der Waals surface area contributed by atoms with Gasteiger partial charge < -0.3 is 9.64 Å². The number of carbonyl (C=O) groups excluding carboxylic acids is 2. The van der Waals surface area contributed by atoms with Crippen LogP contribution in [0.25, 0.3) is 0 Å². The molecule has 2 fully saturated rings. The van der Waals surface area contributed by atoms with Crippen molar-refractivity contribution in [1.82, 2.24) is 19.7 Å². The molecule has 1 aliphatic carbocycles. The number of aromatic nitrogens is 3. The summed E-state index contributed by atoms with van der Waals surface area (Å²) in [6.07, 6.45) is 2.28. The molecule has 9 heteroatoms. The molecule has 5 rings (SSSR count). The second kappa shape index (κ2) is 7.21. The molecule has 0 bridgehead atoms. The number of rotatable bonds is 6. The van der Waals surface area contributed by atoms with Gasteiger partial charge in [0.25, 0.3) is 11.8 Å². The van der Waals surface area contributed by atoms with Gasteiger partial charge in [-0.15, -0.1) is 10.2 Å². The second-order valence-corrected chi connectivity index (χ2v) is 8.20. The molecular weight excluding hydrogens is 378 g/mol. The first-order chi connectivity index (χ1) is 13.7. The van der Waals surface area contributed by atoms with E-state index >= 15 is 0 Å². The third kappa shape index (κ3) is 3.08. The van der Waals surface area contributed by atoms with Crippen molar-refractivity contribution in [2.24, 2.45) is 0 Å². The number of ether oxygens (including phenoxy) is 1. The molecule has 2 aliphatic heterocycles. The summed E-state index contributed by atoms with van der Waals surface area (Å²) in [5, 5.41) is 9.69. The Bertz CT molecular complexity index is 885. The summed E-state index contributed by atoms with van der Waals surface area (Å²) in [4.78, 5) is 28.5. The molecule has 2 amide bonds. The fourth-order valence-electron chi connectivity index (χ4n) is 3.67. The van der Waals surface area contributed by atoms with Crippen molar-refractivity contribution in [2.45, 2.75) is 24.0 Å². The number of carbonyl (C=O) groups is 2. The monoisotopic (exact) mass is 399 g/mol. The highest BCUT2D eigenvalue weighted by Crippen LogP contribution is 2.41. The summed E-state index contributed by atoms with van der Waals surface area (Å²) < 4.78 is 7.66. The Morgan fingerprint density at radius 3 is 2.36 bits per heavy atom. The van der Waals surface area contributed by atoms with E-state index in [4.69, 9.17) is 4.74 Å². The van der Waals surface area contributed by atoms with E-state index in [1.165, 1.54) is 4.90 Å². The van der Waals surface area contributed by atoms with Gasteiger partial charge in [-0.25, -0.2) is 0 Å². The minimum atomic E-state index is -0.209. The fourth-order valence-corrected chi connectivity index (χ4v) is 4.59. The molecule has 1 aromatic carbocycles. The van der Waals surface area contributed by atoms with E-state index < -0.39 is 0 Å². The number of anilines is 1.